The second-order valence-corrected chi connectivity index (χ2v) is 11.3. The predicted octanol–water partition coefficient (Wildman–Crippen LogP) is 9.98. The first-order valence-corrected chi connectivity index (χ1v) is 13.2. The van der Waals surface area contributed by atoms with E-state index in [-0.39, 0.29) is 14.1 Å². The highest BCUT2D eigenvalue weighted by molar-refractivity contribution is 7.80. The van der Waals surface area contributed by atoms with E-state index in [2.05, 4.69) is 116 Å². The molecule has 0 aromatic heterocycles. The van der Waals surface area contributed by atoms with Crippen LogP contribution in [-0.2, 0) is 19.3 Å². The summed E-state index contributed by atoms with van der Waals surface area (Å²) in [6, 6.07) is 25.1. The van der Waals surface area contributed by atoms with Crippen molar-refractivity contribution >= 4 is 37.9 Å². The second kappa shape index (κ2) is 21.6. The monoisotopic (exact) mass is 558 g/mol. The fourth-order valence-electron chi connectivity index (χ4n) is 3.31. The van der Waals surface area contributed by atoms with Crippen LogP contribution in [0, 0.1) is 17.8 Å². The topological polar surface area (TPSA) is 0 Å². The smallest absolute Gasteiger partial charge is 0.00401 e. The highest BCUT2D eigenvalue weighted by Gasteiger charge is 1.97. The van der Waals surface area contributed by atoms with Gasteiger partial charge in [0.25, 0.3) is 0 Å². The molecule has 0 aliphatic carbocycles. The van der Waals surface area contributed by atoms with Crippen LogP contribution in [0.1, 0.15) is 58.2 Å². The van der Waals surface area contributed by atoms with Crippen molar-refractivity contribution in [2.75, 3.05) is 0 Å². The molecule has 0 aliphatic heterocycles. The zero-order chi connectivity index (χ0) is 24.8. The summed E-state index contributed by atoms with van der Waals surface area (Å²) in [5.74, 6) is 2.21. The summed E-state index contributed by atoms with van der Waals surface area (Å²) < 4.78 is 0. The van der Waals surface area contributed by atoms with Crippen molar-refractivity contribution in [3.05, 3.63) is 89.5 Å². The molecule has 0 saturated heterocycles. The van der Waals surface area contributed by atoms with Crippen molar-refractivity contribution in [2.24, 2.45) is 17.8 Å². The molecule has 3 aromatic rings. The maximum atomic E-state index is 4.22. The van der Waals surface area contributed by atoms with E-state index in [1.165, 1.54) is 16.7 Å². The quantitative estimate of drug-likeness (QED) is 0.246. The lowest BCUT2D eigenvalue weighted by atomic mass is 10.0. The number of hydrogen-bond donors (Lipinski definition) is 3. The zero-order valence-corrected chi connectivity index (χ0v) is 25.0. The van der Waals surface area contributed by atoms with Crippen LogP contribution in [0.25, 0.3) is 0 Å². The molecular weight excluding hydrogens is 514 g/mol. The molecule has 0 bridgehead atoms. The molecule has 6 heteroatoms. The van der Waals surface area contributed by atoms with Crippen molar-refractivity contribution < 1.29 is 14.1 Å². The third-order valence-corrected chi connectivity index (χ3v) is 5.64. The van der Waals surface area contributed by atoms with Crippen molar-refractivity contribution in [3.63, 3.8) is 0 Å². The lowest BCUT2D eigenvalue weighted by molar-refractivity contribution is 0.647. The Balaban J connectivity index is -0.000000436. The average molecular weight is 559 g/mol. The predicted molar refractivity (Wildman–Crippen MR) is 164 cm³/mol. The molecule has 0 amide bonds. The first-order valence-electron chi connectivity index (χ1n) is 11.9. The van der Waals surface area contributed by atoms with E-state index in [0.29, 0.717) is 0 Å². The Kier molecular flexibility index (Phi) is 23.4. The molecule has 0 unspecified atom stereocenters. The molecule has 3 aromatic carbocycles. The largest absolute Gasteiger partial charge is 0.269 e. The summed E-state index contributed by atoms with van der Waals surface area (Å²) >= 11 is 12.7. The van der Waals surface area contributed by atoms with E-state index in [4.69, 9.17) is 0 Å². The van der Waals surface area contributed by atoms with Crippen molar-refractivity contribution in [1.82, 2.24) is 0 Å². The minimum Gasteiger partial charge on any atom is -0.269 e. The van der Waals surface area contributed by atoms with Gasteiger partial charge in [0.15, 0.2) is 0 Å². The summed E-state index contributed by atoms with van der Waals surface area (Å²) in [6.45, 7) is 13.4. The number of thiol groups is 3. The third-order valence-electron chi connectivity index (χ3n) is 4.74. The van der Waals surface area contributed by atoms with Gasteiger partial charge in [0.1, 0.15) is 0 Å². The SMILES string of the molecule is CC(C)Cc1ccc(S)cc1.CC(C)Cc1ccc(S)cc1.CC(C)Cc1ccc(S)cc1.F.F.F. The minimum atomic E-state index is 0. The van der Waals surface area contributed by atoms with E-state index in [0.717, 1.165) is 51.7 Å². The van der Waals surface area contributed by atoms with Crippen LogP contribution in [0.2, 0.25) is 0 Å². The van der Waals surface area contributed by atoms with Crippen LogP contribution >= 0.6 is 37.9 Å². The zero-order valence-electron chi connectivity index (χ0n) is 22.3. The van der Waals surface area contributed by atoms with Crippen LogP contribution in [0.3, 0.4) is 0 Å². The minimum absolute atomic E-state index is 0. The molecule has 0 nitrogen and oxygen atoms in total. The molecule has 0 heterocycles. The molecule has 0 saturated carbocycles. The summed E-state index contributed by atoms with van der Waals surface area (Å²) in [5.41, 5.74) is 4.20. The van der Waals surface area contributed by atoms with E-state index < -0.39 is 0 Å². The molecule has 0 atom stereocenters. The Morgan fingerprint density at radius 1 is 0.389 bits per heavy atom. The molecule has 0 radical (unpaired) electrons. The van der Waals surface area contributed by atoms with Crippen LogP contribution in [0.15, 0.2) is 87.5 Å². The fraction of sp³-hybridized carbons (Fsp3) is 0.400. The van der Waals surface area contributed by atoms with Crippen LogP contribution in [-0.4, -0.2) is 0 Å². The van der Waals surface area contributed by atoms with Gasteiger partial charge < -0.3 is 0 Å². The van der Waals surface area contributed by atoms with Gasteiger partial charge in [-0.2, -0.15) is 0 Å². The van der Waals surface area contributed by atoms with Gasteiger partial charge in [-0.1, -0.05) is 77.9 Å². The molecule has 0 spiro atoms. The number of benzene rings is 3. The Hall–Kier alpha value is -1.50. The lowest BCUT2D eigenvalue weighted by Gasteiger charge is -2.03. The van der Waals surface area contributed by atoms with Gasteiger partial charge in [-0.25, -0.2) is 0 Å². The average Bonchev–Trinajstić information content (AvgIpc) is 2.73. The van der Waals surface area contributed by atoms with Gasteiger partial charge in [0.05, 0.1) is 0 Å². The third kappa shape index (κ3) is 19.7. The number of halogens is 3. The first kappa shape index (κ1) is 39.0. The van der Waals surface area contributed by atoms with E-state index in [9.17, 15) is 0 Å². The van der Waals surface area contributed by atoms with Gasteiger partial charge in [-0.3, -0.25) is 14.1 Å². The Labute approximate surface area is 234 Å². The summed E-state index contributed by atoms with van der Waals surface area (Å²) in [7, 11) is 0. The number of rotatable bonds is 6. The first-order chi connectivity index (χ1) is 15.5. The Morgan fingerprint density at radius 3 is 0.694 bits per heavy atom. The van der Waals surface area contributed by atoms with Gasteiger partial charge in [-0.15, -0.1) is 37.9 Å². The molecule has 0 N–H and O–H groups in total. The highest BCUT2D eigenvalue weighted by atomic mass is 32.1. The van der Waals surface area contributed by atoms with E-state index >= 15 is 0 Å². The van der Waals surface area contributed by atoms with Gasteiger partial charge in [0, 0.05) is 14.7 Å². The maximum absolute atomic E-state index is 4.22. The Morgan fingerprint density at radius 2 is 0.556 bits per heavy atom. The molecule has 0 aliphatic rings. The lowest BCUT2D eigenvalue weighted by Crippen LogP contribution is -1.92. The van der Waals surface area contributed by atoms with Crippen LogP contribution in [0.4, 0.5) is 14.1 Å². The van der Waals surface area contributed by atoms with Gasteiger partial charge >= 0.3 is 0 Å². The van der Waals surface area contributed by atoms with Crippen molar-refractivity contribution in [1.29, 1.82) is 0 Å². The summed E-state index contributed by atoms with van der Waals surface area (Å²) in [6.07, 6.45) is 3.48. The van der Waals surface area contributed by atoms with Gasteiger partial charge in [0.2, 0.25) is 0 Å². The van der Waals surface area contributed by atoms with Gasteiger partial charge in [-0.05, 0) is 90.1 Å². The number of hydrogen-bond acceptors (Lipinski definition) is 3. The standard InChI is InChI=1S/3C10H14S.3FH/c3*1-8(2)7-9-3-5-10(11)6-4-9;;;/h3*3-6,8,11H,7H2,1-2H3;3*1H. The summed E-state index contributed by atoms with van der Waals surface area (Å²) in [4.78, 5) is 3.12. The fourth-order valence-corrected chi connectivity index (χ4v) is 3.76. The highest BCUT2D eigenvalue weighted by Crippen LogP contribution is 2.13. The second-order valence-electron chi connectivity index (χ2n) is 9.79. The molecule has 0 fully saturated rings. The van der Waals surface area contributed by atoms with Crippen molar-refractivity contribution in [3.8, 4) is 0 Å². The van der Waals surface area contributed by atoms with Crippen LogP contribution < -0.4 is 0 Å². The molecule has 3 rings (SSSR count). The Bertz CT molecular complexity index is 770. The van der Waals surface area contributed by atoms with E-state index in [1.807, 2.05) is 36.4 Å². The van der Waals surface area contributed by atoms with Crippen LogP contribution in [0.5, 0.6) is 0 Å². The summed E-state index contributed by atoms with van der Waals surface area (Å²) in [5, 5.41) is 0. The van der Waals surface area contributed by atoms with Crippen molar-refractivity contribution in [2.45, 2.75) is 75.5 Å². The van der Waals surface area contributed by atoms with E-state index in [1.54, 1.807) is 0 Å². The molecule has 36 heavy (non-hydrogen) atoms. The normalized spacial score (nSPS) is 9.67. The maximum Gasteiger partial charge on any atom is 0.00401 e. The molecule has 204 valence electrons. The molecular formula is C30H45F3S3.